The van der Waals surface area contributed by atoms with Crippen LogP contribution in [0.5, 0.6) is 0 Å². The fraction of sp³-hybridized carbons (Fsp3) is 0.500. The van der Waals surface area contributed by atoms with Crippen molar-refractivity contribution >= 4 is 39.6 Å². The molecule has 1 aromatic heterocycles. The van der Waals surface area contributed by atoms with Crippen molar-refractivity contribution in [2.45, 2.75) is 45.6 Å². The smallest absolute Gasteiger partial charge is 0.341 e. The quantitative estimate of drug-likeness (QED) is 0.610. The Labute approximate surface area is 193 Å². The monoisotopic (exact) mass is 457 g/mol. The molecule has 32 heavy (non-hydrogen) atoms. The average molecular weight is 458 g/mol. The molecule has 0 spiro atoms. The van der Waals surface area contributed by atoms with Crippen LogP contribution in [0.1, 0.15) is 47.5 Å². The number of morpholine rings is 1. The van der Waals surface area contributed by atoms with Gasteiger partial charge in [-0.05, 0) is 69.4 Å². The lowest BCUT2D eigenvalue weighted by molar-refractivity contribution is -0.116. The average Bonchev–Trinajstić information content (AvgIpc) is 3.18. The summed E-state index contributed by atoms with van der Waals surface area (Å²) in [4.78, 5) is 29.0. The van der Waals surface area contributed by atoms with Crippen molar-refractivity contribution in [1.82, 2.24) is 0 Å². The number of carbonyl (C=O) groups is 2. The molecule has 0 saturated carbocycles. The lowest BCUT2D eigenvalue weighted by Crippen LogP contribution is -2.36. The number of hydrogen-bond donors (Lipinski definition) is 2. The summed E-state index contributed by atoms with van der Waals surface area (Å²) in [5.41, 5.74) is 3.62. The zero-order valence-corrected chi connectivity index (χ0v) is 19.6. The van der Waals surface area contributed by atoms with E-state index in [0.29, 0.717) is 17.2 Å². The summed E-state index contributed by atoms with van der Waals surface area (Å²) < 4.78 is 10.7. The Bertz CT molecular complexity index is 951. The van der Waals surface area contributed by atoms with Gasteiger partial charge in [-0.25, -0.2) is 4.79 Å². The van der Waals surface area contributed by atoms with Gasteiger partial charge in [0.15, 0.2) is 0 Å². The van der Waals surface area contributed by atoms with E-state index >= 15 is 0 Å². The van der Waals surface area contributed by atoms with Crippen LogP contribution >= 0.6 is 11.3 Å². The lowest BCUT2D eigenvalue weighted by atomic mass is 9.95. The number of nitrogens with zero attached hydrogens (tertiary/aromatic N) is 1. The van der Waals surface area contributed by atoms with Gasteiger partial charge in [-0.3, -0.25) is 4.79 Å². The number of esters is 1. The summed E-state index contributed by atoms with van der Waals surface area (Å²) in [5, 5.41) is 6.85. The molecule has 1 aliphatic heterocycles. The van der Waals surface area contributed by atoms with Crippen molar-refractivity contribution in [3.8, 4) is 0 Å². The van der Waals surface area contributed by atoms with Crippen molar-refractivity contribution in [2.24, 2.45) is 0 Å². The van der Waals surface area contributed by atoms with Crippen LogP contribution in [0.3, 0.4) is 0 Å². The maximum Gasteiger partial charge on any atom is 0.341 e. The maximum atomic E-state index is 12.9. The van der Waals surface area contributed by atoms with Crippen LogP contribution in [0.25, 0.3) is 0 Å². The maximum absolute atomic E-state index is 12.9. The van der Waals surface area contributed by atoms with Crippen molar-refractivity contribution in [3.05, 3.63) is 40.3 Å². The number of ether oxygens (including phenoxy) is 2. The fourth-order valence-corrected chi connectivity index (χ4v) is 5.48. The minimum Gasteiger partial charge on any atom is -0.462 e. The molecule has 7 nitrogen and oxygen atoms in total. The molecule has 1 aromatic carbocycles. The van der Waals surface area contributed by atoms with Gasteiger partial charge in [0.05, 0.1) is 25.4 Å². The highest BCUT2D eigenvalue weighted by Crippen LogP contribution is 2.38. The number of thiophene rings is 1. The van der Waals surface area contributed by atoms with Crippen LogP contribution in [0, 0.1) is 0 Å². The Morgan fingerprint density at radius 1 is 1.16 bits per heavy atom. The van der Waals surface area contributed by atoms with Gasteiger partial charge in [0, 0.05) is 29.3 Å². The molecule has 172 valence electrons. The third-order valence-corrected chi connectivity index (χ3v) is 7.11. The van der Waals surface area contributed by atoms with Gasteiger partial charge in [-0.15, -0.1) is 11.3 Å². The van der Waals surface area contributed by atoms with Gasteiger partial charge >= 0.3 is 5.97 Å². The summed E-state index contributed by atoms with van der Waals surface area (Å²) in [6.07, 6.45) is 3.98. The Morgan fingerprint density at radius 3 is 2.59 bits per heavy atom. The Hall–Kier alpha value is -2.58. The van der Waals surface area contributed by atoms with Gasteiger partial charge in [0.1, 0.15) is 11.0 Å². The predicted molar refractivity (Wildman–Crippen MR) is 128 cm³/mol. The summed E-state index contributed by atoms with van der Waals surface area (Å²) >= 11 is 1.51. The minimum atomic E-state index is -0.460. The van der Waals surface area contributed by atoms with E-state index in [-0.39, 0.29) is 11.9 Å². The molecule has 4 rings (SSSR count). The Kier molecular flexibility index (Phi) is 7.32. The number of aryl methyl sites for hydroxylation is 1. The number of anilines is 3. The Morgan fingerprint density at radius 2 is 1.88 bits per heavy atom. The zero-order valence-electron chi connectivity index (χ0n) is 18.7. The third kappa shape index (κ3) is 5.07. The first kappa shape index (κ1) is 22.6. The predicted octanol–water partition coefficient (Wildman–Crippen LogP) is 4.08. The molecule has 1 saturated heterocycles. The van der Waals surface area contributed by atoms with Crippen LogP contribution in [0.2, 0.25) is 0 Å². The highest BCUT2D eigenvalue weighted by Gasteiger charge is 2.28. The first-order valence-corrected chi connectivity index (χ1v) is 12.2. The zero-order chi connectivity index (χ0) is 22.5. The second-order valence-corrected chi connectivity index (χ2v) is 9.24. The van der Waals surface area contributed by atoms with Crippen LogP contribution < -0.4 is 15.5 Å². The van der Waals surface area contributed by atoms with Crippen LogP contribution in [-0.2, 0) is 27.1 Å². The van der Waals surface area contributed by atoms with E-state index in [1.54, 1.807) is 6.92 Å². The van der Waals surface area contributed by atoms with Gasteiger partial charge < -0.3 is 25.0 Å². The van der Waals surface area contributed by atoms with E-state index in [4.69, 9.17) is 9.47 Å². The minimum absolute atomic E-state index is 0.175. The van der Waals surface area contributed by atoms with Crippen LogP contribution in [-0.4, -0.2) is 50.8 Å². The van der Waals surface area contributed by atoms with E-state index in [9.17, 15) is 9.59 Å². The molecule has 8 heteroatoms. The molecular formula is C24H31N3O4S. The molecule has 0 radical (unpaired) electrons. The van der Waals surface area contributed by atoms with Crippen molar-refractivity contribution in [3.63, 3.8) is 0 Å². The highest BCUT2D eigenvalue weighted by atomic mass is 32.1. The van der Waals surface area contributed by atoms with Crippen molar-refractivity contribution < 1.29 is 19.1 Å². The number of carbonyl (C=O) groups excluding carboxylic acids is 2. The molecule has 1 unspecified atom stereocenters. The molecule has 2 aromatic rings. The number of hydrogen-bond acceptors (Lipinski definition) is 7. The van der Waals surface area contributed by atoms with Gasteiger partial charge in [0.25, 0.3) is 0 Å². The van der Waals surface area contributed by atoms with Gasteiger partial charge in [-0.2, -0.15) is 0 Å². The molecule has 1 atom stereocenters. The molecule has 0 bridgehead atoms. The number of amides is 1. The van der Waals surface area contributed by atoms with E-state index in [0.717, 1.165) is 68.9 Å². The Balaban J connectivity index is 1.42. The van der Waals surface area contributed by atoms with E-state index in [1.165, 1.54) is 16.2 Å². The van der Waals surface area contributed by atoms with Crippen LogP contribution in [0.4, 0.5) is 16.4 Å². The first-order valence-electron chi connectivity index (χ1n) is 11.4. The van der Waals surface area contributed by atoms with E-state index in [1.807, 2.05) is 19.1 Å². The second kappa shape index (κ2) is 10.4. The molecule has 1 fully saturated rings. The molecule has 1 amide bonds. The number of fused-ring (bicyclic) bond motifs is 1. The lowest BCUT2D eigenvalue weighted by Gasteiger charge is -2.29. The molecule has 2 heterocycles. The third-order valence-electron chi connectivity index (χ3n) is 5.91. The van der Waals surface area contributed by atoms with Crippen molar-refractivity contribution in [2.75, 3.05) is 48.4 Å². The van der Waals surface area contributed by atoms with Gasteiger partial charge in [-0.1, -0.05) is 0 Å². The highest BCUT2D eigenvalue weighted by molar-refractivity contribution is 7.17. The first-order chi connectivity index (χ1) is 15.6. The molecule has 2 aliphatic rings. The van der Waals surface area contributed by atoms with Crippen molar-refractivity contribution in [1.29, 1.82) is 0 Å². The number of benzene rings is 1. The van der Waals surface area contributed by atoms with Gasteiger partial charge in [0.2, 0.25) is 5.91 Å². The fourth-order valence-electron chi connectivity index (χ4n) is 4.20. The van der Waals surface area contributed by atoms with E-state index < -0.39 is 6.04 Å². The molecule has 2 N–H and O–H groups in total. The number of rotatable bonds is 7. The largest absolute Gasteiger partial charge is 0.462 e. The topological polar surface area (TPSA) is 79.9 Å². The normalized spacial score (nSPS) is 16.8. The van der Waals surface area contributed by atoms with E-state index in [2.05, 4.69) is 27.7 Å². The summed E-state index contributed by atoms with van der Waals surface area (Å²) in [7, 11) is 0. The second-order valence-electron chi connectivity index (χ2n) is 8.14. The summed E-state index contributed by atoms with van der Waals surface area (Å²) in [5.74, 6) is -0.520. The summed E-state index contributed by atoms with van der Waals surface area (Å²) in [6, 6.07) is 7.64. The standard InChI is InChI=1S/C24H31N3O4S/c1-3-31-24(29)21-19-6-4-5-7-20(19)32-23(21)26-22(28)16(2)25-17-8-10-18(11-9-17)27-12-14-30-15-13-27/h8-11,16,25H,3-7,12-15H2,1-2H3,(H,26,28). The molecule has 1 aliphatic carbocycles. The SMILES string of the molecule is CCOC(=O)c1c(NC(=O)C(C)Nc2ccc(N3CCOCC3)cc2)sc2c1CCCC2. The number of nitrogens with one attached hydrogen (secondary N) is 2. The van der Waals surface area contributed by atoms with Crippen LogP contribution in [0.15, 0.2) is 24.3 Å². The molecular weight excluding hydrogens is 426 g/mol. The summed E-state index contributed by atoms with van der Waals surface area (Å²) in [6.45, 7) is 7.20.